The highest BCUT2D eigenvalue weighted by Crippen LogP contribution is 2.30. The van der Waals surface area contributed by atoms with Gasteiger partial charge in [0, 0.05) is 12.7 Å². The Labute approximate surface area is 183 Å². The summed E-state index contributed by atoms with van der Waals surface area (Å²) in [6.45, 7) is 7.15. The summed E-state index contributed by atoms with van der Waals surface area (Å²) in [5.41, 5.74) is 3.20. The number of piperidine rings is 1. The Kier molecular flexibility index (Phi) is 6.72. The molecule has 2 aromatic heterocycles. The highest BCUT2D eigenvalue weighted by Gasteiger charge is 2.22. The molecular formula is C24H29N5O2. The molecule has 0 saturated carbocycles. The molecule has 7 nitrogen and oxygen atoms in total. The van der Waals surface area contributed by atoms with Crippen molar-refractivity contribution in [2.75, 3.05) is 13.1 Å². The minimum Gasteiger partial charge on any atom is -0.426 e. The van der Waals surface area contributed by atoms with Gasteiger partial charge in [-0.15, -0.1) is 5.10 Å². The number of rotatable bonds is 7. The van der Waals surface area contributed by atoms with Gasteiger partial charge in [0.15, 0.2) is 0 Å². The lowest BCUT2D eigenvalue weighted by molar-refractivity contribution is -0.137. The van der Waals surface area contributed by atoms with Gasteiger partial charge in [0.1, 0.15) is 5.75 Å². The Hall–Kier alpha value is -3.06. The number of carbonyl (C=O) groups is 1. The lowest BCUT2D eigenvalue weighted by Gasteiger charge is -2.31. The van der Waals surface area contributed by atoms with Crippen LogP contribution >= 0.6 is 0 Å². The summed E-state index contributed by atoms with van der Waals surface area (Å²) in [4.78, 5) is 18.6. The molecule has 0 spiro atoms. The Balaban J connectivity index is 1.29. The van der Waals surface area contributed by atoms with Crippen molar-refractivity contribution < 1.29 is 9.53 Å². The zero-order valence-electron chi connectivity index (χ0n) is 18.1. The fourth-order valence-electron chi connectivity index (χ4n) is 3.87. The van der Waals surface area contributed by atoms with Gasteiger partial charge < -0.3 is 4.74 Å². The van der Waals surface area contributed by atoms with E-state index in [0.29, 0.717) is 18.2 Å². The summed E-state index contributed by atoms with van der Waals surface area (Å²) < 4.78 is 7.32. The Morgan fingerprint density at radius 3 is 2.68 bits per heavy atom. The van der Waals surface area contributed by atoms with E-state index in [2.05, 4.69) is 26.3 Å². The number of likely N-dealkylation sites (tertiary alicyclic amines) is 1. The molecule has 0 aliphatic carbocycles. The molecule has 4 rings (SSSR count). The largest absolute Gasteiger partial charge is 0.426 e. The highest BCUT2D eigenvalue weighted by molar-refractivity contribution is 5.74. The Morgan fingerprint density at radius 2 is 1.94 bits per heavy atom. The third-order valence-electron chi connectivity index (χ3n) is 5.63. The second-order valence-corrected chi connectivity index (χ2v) is 8.43. The van der Waals surface area contributed by atoms with Crippen molar-refractivity contribution in [2.45, 2.75) is 45.7 Å². The molecular weight excluding hydrogens is 390 g/mol. The molecule has 1 aliphatic heterocycles. The number of hydrogen-bond acceptors (Lipinski definition) is 6. The van der Waals surface area contributed by atoms with E-state index in [-0.39, 0.29) is 11.9 Å². The Bertz CT molecular complexity index is 994. The fourth-order valence-corrected chi connectivity index (χ4v) is 3.87. The molecule has 0 N–H and O–H groups in total. The van der Waals surface area contributed by atoms with Crippen molar-refractivity contribution in [3.63, 3.8) is 0 Å². The van der Waals surface area contributed by atoms with Gasteiger partial charge in [-0.2, -0.15) is 0 Å². The van der Waals surface area contributed by atoms with Gasteiger partial charge in [0.25, 0.3) is 0 Å². The number of benzene rings is 1. The van der Waals surface area contributed by atoms with Crippen LogP contribution in [0.4, 0.5) is 0 Å². The first-order valence-corrected chi connectivity index (χ1v) is 10.9. The molecule has 1 saturated heterocycles. The smallest absolute Gasteiger partial charge is 0.313 e. The zero-order chi connectivity index (χ0) is 21.6. The van der Waals surface area contributed by atoms with Crippen molar-refractivity contribution in [1.29, 1.82) is 0 Å². The maximum atomic E-state index is 11.9. The van der Waals surface area contributed by atoms with Crippen LogP contribution < -0.4 is 4.74 Å². The molecule has 0 radical (unpaired) electrons. The molecule has 1 aliphatic rings. The second kappa shape index (κ2) is 9.83. The maximum absolute atomic E-state index is 11.9. The number of nitrogens with zero attached hydrogens (tertiary/aromatic N) is 5. The molecule has 31 heavy (non-hydrogen) atoms. The van der Waals surface area contributed by atoms with Crippen LogP contribution in [0.1, 0.15) is 49.6 Å². The van der Waals surface area contributed by atoms with Crippen LogP contribution in [0.2, 0.25) is 0 Å². The third-order valence-corrected chi connectivity index (χ3v) is 5.63. The minimum absolute atomic E-state index is 0.131. The molecule has 1 fully saturated rings. The molecule has 1 aromatic carbocycles. The average molecular weight is 420 g/mol. The van der Waals surface area contributed by atoms with Crippen LogP contribution in [0.3, 0.4) is 0 Å². The lowest BCUT2D eigenvalue weighted by atomic mass is 9.89. The summed E-state index contributed by atoms with van der Waals surface area (Å²) >= 11 is 0. The second-order valence-electron chi connectivity index (χ2n) is 8.43. The summed E-state index contributed by atoms with van der Waals surface area (Å²) in [5.74, 6) is 0.800. The van der Waals surface area contributed by atoms with Crippen molar-refractivity contribution in [3.05, 3.63) is 71.8 Å². The van der Waals surface area contributed by atoms with Crippen LogP contribution in [-0.2, 0) is 17.9 Å². The monoisotopic (exact) mass is 419 g/mol. The molecule has 0 atom stereocenters. The SMILES string of the molecule is CC(C)C(=O)Oc1cccc(C2CCN(Cc3cn(Cc4ccccn4)nn3)CC2)c1. The standard InChI is InChI=1S/C24H29N5O2/c1-18(2)24(30)31-23-8-5-6-20(14-23)19-9-12-28(13-10-19)15-22-17-29(27-26-22)16-21-7-3-4-11-25-21/h3-8,11,14,17-19H,9-10,12-13,15-16H2,1-2H3. The van der Waals surface area contributed by atoms with Gasteiger partial charge in [0.05, 0.1) is 30.0 Å². The van der Waals surface area contributed by atoms with Crippen LogP contribution in [0.5, 0.6) is 5.75 Å². The number of aromatic nitrogens is 4. The third kappa shape index (κ3) is 5.76. The number of carbonyl (C=O) groups excluding carboxylic acids is 1. The first-order chi connectivity index (χ1) is 15.1. The normalized spacial score (nSPS) is 15.3. The number of hydrogen-bond donors (Lipinski definition) is 0. The van der Waals surface area contributed by atoms with Gasteiger partial charge in [0.2, 0.25) is 0 Å². The van der Waals surface area contributed by atoms with Crippen LogP contribution in [0.25, 0.3) is 0 Å². The predicted molar refractivity (Wildman–Crippen MR) is 118 cm³/mol. The topological polar surface area (TPSA) is 73.1 Å². The number of ether oxygens (including phenoxy) is 1. The molecule has 0 unspecified atom stereocenters. The Morgan fingerprint density at radius 1 is 1.10 bits per heavy atom. The highest BCUT2D eigenvalue weighted by atomic mass is 16.5. The van der Waals surface area contributed by atoms with Gasteiger partial charge in [-0.1, -0.05) is 37.3 Å². The molecule has 3 aromatic rings. The van der Waals surface area contributed by atoms with Crippen molar-refractivity contribution in [2.24, 2.45) is 5.92 Å². The lowest BCUT2D eigenvalue weighted by Crippen LogP contribution is -2.32. The molecule has 3 heterocycles. The summed E-state index contributed by atoms with van der Waals surface area (Å²) in [5, 5.41) is 8.58. The summed E-state index contributed by atoms with van der Waals surface area (Å²) in [6.07, 6.45) is 5.95. The van der Waals surface area contributed by atoms with Crippen LogP contribution in [0.15, 0.2) is 54.9 Å². The van der Waals surface area contributed by atoms with E-state index >= 15 is 0 Å². The van der Waals surface area contributed by atoms with Crippen molar-refractivity contribution in [1.82, 2.24) is 24.9 Å². The number of esters is 1. The molecule has 0 amide bonds. The molecule has 0 bridgehead atoms. The van der Waals surface area contributed by atoms with E-state index in [1.807, 2.05) is 61.1 Å². The van der Waals surface area contributed by atoms with E-state index in [1.54, 1.807) is 6.20 Å². The molecule has 7 heteroatoms. The number of pyridine rings is 1. The van der Waals surface area contributed by atoms with Crippen molar-refractivity contribution >= 4 is 5.97 Å². The van der Waals surface area contributed by atoms with Gasteiger partial charge in [-0.25, -0.2) is 4.68 Å². The van der Waals surface area contributed by atoms with E-state index in [4.69, 9.17) is 4.74 Å². The summed E-state index contributed by atoms with van der Waals surface area (Å²) in [7, 11) is 0. The van der Waals surface area contributed by atoms with Gasteiger partial charge >= 0.3 is 5.97 Å². The summed E-state index contributed by atoms with van der Waals surface area (Å²) in [6, 6.07) is 13.9. The van der Waals surface area contributed by atoms with E-state index in [0.717, 1.165) is 43.9 Å². The van der Waals surface area contributed by atoms with Crippen LogP contribution in [-0.4, -0.2) is 43.9 Å². The van der Waals surface area contributed by atoms with Gasteiger partial charge in [-0.3, -0.25) is 14.7 Å². The predicted octanol–water partition coefficient (Wildman–Crippen LogP) is 3.66. The molecule has 162 valence electrons. The van der Waals surface area contributed by atoms with Crippen molar-refractivity contribution in [3.8, 4) is 5.75 Å². The van der Waals surface area contributed by atoms with Crippen LogP contribution in [0, 0.1) is 5.92 Å². The first-order valence-electron chi connectivity index (χ1n) is 10.9. The van der Waals surface area contributed by atoms with E-state index in [1.165, 1.54) is 5.56 Å². The van der Waals surface area contributed by atoms with E-state index < -0.39 is 0 Å². The first kappa shape index (κ1) is 21.2. The van der Waals surface area contributed by atoms with E-state index in [9.17, 15) is 4.79 Å². The fraction of sp³-hybridized carbons (Fsp3) is 0.417. The average Bonchev–Trinajstić information content (AvgIpc) is 3.21. The maximum Gasteiger partial charge on any atom is 0.313 e. The minimum atomic E-state index is -0.192. The quantitative estimate of drug-likeness (QED) is 0.430. The zero-order valence-corrected chi connectivity index (χ0v) is 18.1. The van der Waals surface area contributed by atoms with Gasteiger partial charge in [-0.05, 0) is 61.7 Å².